The van der Waals surface area contributed by atoms with E-state index in [1.54, 1.807) is 4.57 Å². The number of nitrogens with zero attached hydrogens (tertiary/aromatic N) is 3. The number of hydrogen-bond acceptors (Lipinski definition) is 4. The third-order valence-electron chi connectivity index (χ3n) is 2.01. The van der Waals surface area contributed by atoms with Crippen LogP contribution in [0.2, 0.25) is 0 Å². The molecule has 0 unspecified atom stereocenters. The highest BCUT2D eigenvalue weighted by Gasteiger charge is 2.09. The molecule has 0 aliphatic rings. The van der Waals surface area contributed by atoms with Crippen LogP contribution in [0.4, 0.5) is 5.82 Å². The van der Waals surface area contributed by atoms with E-state index in [-0.39, 0.29) is 5.82 Å². The zero-order valence-electron chi connectivity index (χ0n) is 7.33. The van der Waals surface area contributed by atoms with E-state index in [1.165, 1.54) is 0 Å². The molecule has 68 valence electrons. The molecule has 2 rings (SSSR count). The normalized spacial score (nSPS) is 10.9. The summed E-state index contributed by atoms with van der Waals surface area (Å²) in [6, 6.07) is 0. The van der Waals surface area contributed by atoms with Gasteiger partial charge >= 0.3 is 5.69 Å². The van der Waals surface area contributed by atoms with Crippen molar-refractivity contribution in [1.82, 2.24) is 19.5 Å². The fourth-order valence-corrected chi connectivity index (χ4v) is 1.28. The molecule has 0 bridgehead atoms. The molecule has 13 heavy (non-hydrogen) atoms. The average Bonchev–Trinajstić information content (AvgIpc) is 2.27. The second-order valence-electron chi connectivity index (χ2n) is 2.84. The van der Waals surface area contributed by atoms with Crippen LogP contribution < -0.4 is 11.4 Å². The minimum absolute atomic E-state index is 0.210. The second-order valence-corrected chi connectivity index (χ2v) is 2.84. The molecule has 2 heterocycles. The van der Waals surface area contributed by atoms with E-state index in [0.29, 0.717) is 11.2 Å². The molecule has 0 aliphatic carbocycles. The van der Waals surface area contributed by atoms with Gasteiger partial charge in [-0.25, -0.2) is 9.78 Å². The van der Waals surface area contributed by atoms with Gasteiger partial charge in [0.1, 0.15) is 11.3 Å². The first-order chi connectivity index (χ1) is 6.09. The van der Waals surface area contributed by atoms with Gasteiger partial charge in [0.25, 0.3) is 0 Å². The number of anilines is 1. The molecule has 0 fully saturated rings. The Bertz CT molecular complexity index is 523. The Labute approximate surface area is 73.4 Å². The van der Waals surface area contributed by atoms with Crippen LogP contribution in [0.3, 0.4) is 0 Å². The average molecular weight is 179 g/mol. The van der Waals surface area contributed by atoms with Gasteiger partial charge in [0.15, 0.2) is 11.5 Å². The molecule has 6 nitrogen and oxygen atoms in total. The van der Waals surface area contributed by atoms with E-state index in [4.69, 9.17) is 5.73 Å². The number of aryl methyl sites for hydroxylation is 2. The van der Waals surface area contributed by atoms with Gasteiger partial charge in [0.05, 0.1) is 0 Å². The fourth-order valence-electron chi connectivity index (χ4n) is 1.28. The lowest BCUT2D eigenvalue weighted by Gasteiger charge is -1.97. The Morgan fingerprint density at radius 3 is 2.85 bits per heavy atom. The number of H-pyrrole nitrogens is 1. The van der Waals surface area contributed by atoms with Crippen LogP contribution in [-0.2, 0) is 7.05 Å². The maximum Gasteiger partial charge on any atom is 0.348 e. The van der Waals surface area contributed by atoms with Crippen molar-refractivity contribution in [2.45, 2.75) is 6.92 Å². The third kappa shape index (κ3) is 0.986. The number of nitrogens with one attached hydrogen (secondary N) is 1. The van der Waals surface area contributed by atoms with Crippen molar-refractivity contribution >= 4 is 17.0 Å². The first-order valence-electron chi connectivity index (χ1n) is 3.78. The molecule has 3 N–H and O–H groups in total. The molecule has 0 spiro atoms. The van der Waals surface area contributed by atoms with E-state index < -0.39 is 5.69 Å². The van der Waals surface area contributed by atoms with E-state index in [1.807, 2.05) is 14.0 Å². The van der Waals surface area contributed by atoms with Gasteiger partial charge in [0.2, 0.25) is 0 Å². The highest BCUT2D eigenvalue weighted by molar-refractivity contribution is 5.81. The molecule has 0 atom stereocenters. The SMILES string of the molecule is Cc1nc2[nH]c(=O)nc(N)c2n1C. The van der Waals surface area contributed by atoms with Crippen molar-refractivity contribution in [3.05, 3.63) is 16.3 Å². The molecular formula is C7H9N5O. The molecular weight excluding hydrogens is 170 g/mol. The number of aromatic nitrogens is 4. The standard InChI is InChI=1S/C7H9N5O/c1-3-9-6-4(12(3)2)5(8)10-7(13)11-6/h1-2H3,(H3,8,10,11,13). The Morgan fingerprint density at radius 1 is 1.46 bits per heavy atom. The Hall–Kier alpha value is -1.85. The van der Waals surface area contributed by atoms with Crippen molar-refractivity contribution < 1.29 is 0 Å². The van der Waals surface area contributed by atoms with Gasteiger partial charge in [-0.2, -0.15) is 4.98 Å². The summed E-state index contributed by atoms with van der Waals surface area (Å²) in [5.41, 5.74) is 6.26. The van der Waals surface area contributed by atoms with Crippen LogP contribution in [0.5, 0.6) is 0 Å². The maximum absolute atomic E-state index is 10.9. The molecule has 0 amide bonds. The summed E-state index contributed by atoms with van der Waals surface area (Å²) < 4.78 is 1.79. The zero-order valence-corrected chi connectivity index (χ0v) is 7.33. The van der Waals surface area contributed by atoms with E-state index in [0.717, 1.165) is 5.82 Å². The van der Waals surface area contributed by atoms with Gasteiger partial charge in [-0.1, -0.05) is 0 Å². The van der Waals surface area contributed by atoms with Crippen molar-refractivity contribution in [2.24, 2.45) is 7.05 Å². The van der Waals surface area contributed by atoms with Gasteiger partial charge in [-0.3, -0.25) is 4.98 Å². The predicted molar refractivity (Wildman–Crippen MR) is 48.3 cm³/mol. The number of imidazole rings is 1. The number of fused-ring (bicyclic) bond motifs is 1. The molecule has 0 saturated heterocycles. The summed E-state index contributed by atoms with van der Waals surface area (Å²) in [5.74, 6) is 0.993. The Kier molecular flexibility index (Phi) is 1.39. The molecule has 0 aliphatic heterocycles. The van der Waals surface area contributed by atoms with Crippen LogP contribution in [0.15, 0.2) is 4.79 Å². The summed E-state index contributed by atoms with van der Waals surface area (Å²) in [7, 11) is 1.82. The smallest absolute Gasteiger partial charge is 0.348 e. The summed E-state index contributed by atoms with van der Waals surface area (Å²) in [5, 5.41) is 0. The Balaban J connectivity index is 3.03. The molecule has 0 radical (unpaired) electrons. The maximum atomic E-state index is 10.9. The van der Waals surface area contributed by atoms with Crippen molar-refractivity contribution in [3.63, 3.8) is 0 Å². The largest absolute Gasteiger partial charge is 0.382 e. The lowest BCUT2D eigenvalue weighted by Crippen LogP contribution is -2.13. The summed E-state index contributed by atoms with van der Waals surface area (Å²) in [6.45, 7) is 1.83. The highest BCUT2D eigenvalue weighted by atomic mass is 16.1. The first-order valence-corrected chi connectivity index (χ1v) is 3.78. The van der Waals surface area contributed by atoms with E-state index in [2.05, 4.69) is 15.0 Å². The molecule has 0 aromatic carbocycles. The molecule has 2 aromatic rings. The number of hydrogen-bond donors (Lipinski definition) is 2. The van der Waals surface area contributed by atoms with Gasteiger partial charge in [0, 0.05) is 7.05 Å². The summed E-state index contributed by atoms with van der Waals surface area (Å²) in [4.78, 5) is 21.1. The van der Waals surface area contributed by atoms with Crippen LogP contribution >= 0.6 is 0 Å². The van der Waals surface area contributed by atoms with Gasteiger partial charge in [-0.05, 0) is 6.92 Å². The number of rotatable bonds is 0. The summed E-state index contributed by atoms with van der Waals surface area (Å²) >= 11 is 0. The predicted octanol–water partition coefficient (Wildman–Crippen LogP) is -0.453. The molecule has 6 heteroatoms. The fraction of sp³-hybridized carbons (Fsp3) is 0.286. The van der Waals surface area contributed by atoms with Crippen LogP contribution in [0.1, 0.15) is 5.82 Å². The topological polar surface area (TPSA) is 89.6 Å². The lowest BCUT2D eigenvalue weighted by atomic mass is 10.5. The van der Waals surface area contributed by atoms with E-state index in [9.17, 15) is 4.79 Å². The van der Waals surface area contributed by atoms with Crippen molar-refractivity contribution in [3.8, 4) is 0 Å². The van der Waals surface area contributed by atoms with Gasteiger partial charge in [-0.15, -0.1) is 0 Å². The lowest BCUT2D eigenvalue weighted by molar-refractivity contribution is 0.885. The zero-order chi connectivity index (χ0) is 9.59. The quantitative estimate of drug-likeness (QED) is 0.573. The minimum Gasteiger partial charge on any atom is -0.382 e. The van der Waals surface area contributed by atoms with Crippen molar-refractivity contribution in [2.75, 3.05) is 5.73 Å². The minimum atomic E-state index is -0.469. The number of nitrogens with two attached hydrogens (primary N) is 1. The number of nitrogen functional groups attached to an aromatic ring is 1. The van der Waals surface area contributed by atoms with Crippen LogP contribution in [0.25, 0.3) is 11.2 Å². The Morgan fingerprint density at radius 2 is 2.15 bits per heavy atom. The van der Waals surface area contributed by atoms with Crippen molar-refractivity contribution in [1.29, 1.82) is 0 Å². The first kappa shape index (κ1) is 7.78. The number of aromatic amines is 1. The summed E-state index contributed by atoms with van der Waals surface area (Å²) in [6.07, 6.45) is 0. The van der Waals surface area contributed by atoms with Crippen LogP contribution in [0, 0.1) is 6.92 Å². The second kappa shape index (κ2) is 2.32. The molecule has 2 aromatic heterocycles. The van der Waals surface area contributed by atoms with E-state index >= 15 is 0 Å². The highest BCUT2D eigenvalue weighted by Crippen LogP contribution is 2.14. The van der Waals surface area contributed by atoms with Crippen LogP contribution in [-0.4, -0.2) is 19.5 Å². The monoisotopic (exact) mass is 179 g/mol. The molecule has 0 saturated carbocycles. The third-order valence-corrected chi connectivity index (χ3v) is 2.01. The van der Waals surface area contributed by atoms with Gasteiger partial charge < -0.3 is 10.3 Å².